The van der Waals surface area contributed by atoms with Crippen molar-refractivity contribution in [2.75, 3.05) is 13.1 Å². The lowest BCUT2D eigenvalue weighted by atomic mass is 10.0. The SMILES string of the molecule is CCN(Cc1ccnc(C)n1)C1CCCC1CN. The Morgan fingerprint density at radius 2 is 2.28 bits per heavy atom. The molecular weight excluding hydrogens is 224 g/mol. The van der Waals surface area contributed by atoms with E-state index in [1.54, 1.807) is 0 Å². The van der Waals surface area contributed by atoms with E-state index in [-0.39, 0.29) is 0 Å². The summed E-state index contributed by atoms with van der Waals surface area (Å²) < 4.78 is 0. The number of nitrogens with two attached hydrogens (primary N) is 1. The predicted molar refractivity (Wildman–Crippen MR) is 73.0 cm³/mol. The van der Waals surface area contributed by atoms with Gasteiger partial charge >= 0.3 is 0 Å². The van der Waals surface area contributed by atoms with E-state index in [9.17, 15) is 0 Å². The van der Waals surface area contributed by atoms with Crippen LogP contribution in [-0.2, 0) is 6.54 Å². The van der Waals surface area contributed by atoms with Crippen LogP contribution >= 0.6 is 0 Å². The van der Waals surface area contributed by atoms with E-state index in [1.807, 2.05) is 19.2 Å². The Hall–Kier alpha value is -1.00. The van der Waals surface area contributed by atoms with Gasteiger partial charge in [-0.25, -0.2) is 9.97 Å². The van der Waals surface area contributed by atoms with Crippen molar-refractivity contribution < 1.29 is 0 Å². The highest BCUT2D eigenvalue weighted by atomic mass is 15.2. The van der Waals surface area contributed by atoms with E-state index in [1.165, 1.54) is 19.3 Å². The Kier molecular flexibility index (Phi) is 4.66. The molecule has 1 fully saturated rings. The third-order valence-electron chi connectivity index (χ3n) is 4.00. The maximum Gasteiger partial charge on any atom is 0.125 e. The Balaban J connectivity index is 2.05. The number of rotatable bonds is 5. The van der Waals surface area contributed by atoms with Crippen LogP contribution in [0.25, 0.3) is 0 Å². The fraction of sp³-hybridized carbons (Fsp3) is 0.714. The van der Waals surface area contributed by atoms with Gasteiger partial charge in [0.2, 0.25) is 0 Å². The van der Waals surface area contributed by atoms with E-state index >= 15 is 0 Å². The minimum Gasteiger partial charge on any atom is -0.330 e. The lowest BCUT2D eigenvalue weighted by molar-refractivity contribution is 0.160. The largest absolute Gasteiger partial charge is 0.330 e. The summed E-state index contributed by atoms with van der Waals surface area (Å²) >= 11 is 0. The summed E-state index contributed by atoms with van der Waals surface area (Å²) in [6.45, 7) is 6.95. The quantitative estimate of drug-likeness (QED) is 0.862. The van der Waals surface area contributed by atoms with Gasteiger partial charge in [-0.1, -0.05) is 13.3 Å². The molecule has 4 heteroatoms. The molecule has 0 bridgehead atoms. The summed E-state index contributed by atoms with van der Waals surface area (Å²) in [5.41, 5.74) is 7.00. The standard InChI is InChI=1S/C14H24N4/c1-3-18(14-6-4-5-12(14)9-15)10-13-7-8-16-11(2)17-13/h7-8,12,14H,3-6,9-10,15H2,1-2H3. The third kappa shape index (κ3) is 3.06. The second kappa shape index (κ2) is 6.25. The zero-order valence-corrected chi connectivity index (χ0v) is 11.5. The molecule has 1 aliphatic rings. The van der Waals surface area contributed by atoms with Gasteiger partial charge in [0.05, 0.1) is 5.69 Å². The molecule has 0 spiro atoms. The molecule has 0 saturated heterocycles. The second-order valence-electron chi connectivity index (χ2n) is 5.15. The molecule has 1 aliphatic carbocycles. The van der Waals surface area contributed by atoms with Gasteiger partial charge < -0.3 is 5.73 Å². The minimum absolute atomic E-state index is 0.635. The van der Waals surface area contributed by atoms with Gasteiger partial charge in [-0.3, -0.25) is 4.90 Å². The number of hydrogen-bond donors (Lipinski definition) is 1. The summed E-state index contributed by atoms with van der Waals surface area (Å²) in [5.74, 6) is 1.51. The van der Waals surface area contributed by atoms with Crippen molar-refractivity contribution in [1.82, 2.24) is 14.9 Å². The summed E-state index contributed by atoms with van der Waals surface area (Å²) in [7, 11) is 0. The number of aryl methyl sites for hydroxylation is 1. The molecule has 2 unspecified atom stereocenters. The molecule has 100 valence electrons. The molecule has 1 aromatic rings. The molecule has 18 heavy (non-hydrogen) atoms. The van der Waals surface area contributed by atoms with Crippen molar-refractivity contribution in [1.29, 1.82) is 0 Å². The van der Waals surface area contributed by atoms with Crippen LogP contribution in [0.5, 0.6) is 0 Å². The first-order valence-corrected chi connectivity index (χ1v) is 6.97. The first kappa shape index (κ1) is 13.4. The van der Waals surface area contributed by atoms with E-state index < -0.39 is 0 Å². The van der Waals surface area contributed by atoms with Gasteiger partial charge in [0, 0.05) is 18.8 Å². The molecular formula is C14H24N4. The minimum atomic E-state index is 0.635. The fourth-order valence-corrected chi connectivity index (χ4v) is 3.04. The van der Waals surface area contributed by atoms with Crippen molar-refractivity contribution in [2.45, 2.75) is 45.7 Å². The van der Waals surface area contributed by atoms with Crippen LogP contribution in [0.15, 0.2) is 12.3 Å². The highest BCUT2D eigenvalue weighted by Gasteiger charge is 2.30. The lowest BCUT2D eigenvalue weighted by Gasteiger charge is -2.31. The summed E-state index contributed by atoms with van der Waals surface area (Å²) in [4.78, 5) is 11.2. The number of aromatic nitrogens is 2. The maximum atomic E-state index is 5.88. The summed E-state index contributed by atoms with van der Waals surface area (Å²) in [6.07, 6.45) is 5.71. The Morgan fingerprint density at radius 3 is 2.94 bits per heavy atom. The zero-order chi connectivity index (χ0) is 13.0. The monoisotopic (exact) mass is 248 g/mol. The first-order valence-electron chi connectivity index (χ1n) is 6.97. The highest BCUT2D eigenvalue weighted by molar-refractivity contribution is 5.02. The molecule has 1 saturated carbocycles. The summed E-state index contributed by atoms with van der Waals surface area (Å²) in [5, 5.41) is 0. The van der Waals surface area contributed by atoms with Crippen LogP contribution in [0, 0.1) is 12.8 Å². The van der Waals surface area contributed by atoms with Crippen LogP contribution in [0.4, 0.5) is 0 Å². The number of hydrogen-bond acceptors (Lipinski definition) is 4. The Bertz CT molecular complexity index is 380. The van der Waals surface area contributed by atoms with E-state index in [4.69, 9.17) is 5.73 Å². The lowest BCUT2D eigenvalue weighted by Crippen LogP contribution is -2.40. The summed E-state index contributed by atoms with van der Waals surface area (Å²) in [6, 6.07) is 2.65. The Labute approximate surface area is 110 Å². The fourth-order valence-electron chi connectivity index (χ4n) is 3.04. The van der Waals surface area contributed by atoms with Crippen molar-refractivity contribution in [3.63, 3.8) is 0 Å². The molecule has 0 aromatic carbocycles. The highest BCUT2D eigenvalue weighted by Crippen LogP contribution is 2.29. The molecule has 2 N–H and O–H groups in total. The first-order chi connectivity index (χ1) is 8.74. The van der Waals surface area contributed by atoms with Gasteiger partial charge in [0.25, 0.3) is 0 Å². The van der Waals surface area contributed by atoms with Crippen LogP contribution in [0.3, 0.4) is 0 Å². The molecule has 2 rings (SSSR count). The van der Waals surface area contributed by atoms with Gasteiger partial charge in [0.1, 0.15) is 5.82 Å². The van der Waals surface area contributed by atoms with Crippen LogP contribution < -0.4 is 5.73 Å². The molecule has 2 atom stereocenters. The van der Waals surface area contributed by atoms with E-state index in [0.717, 1.165) is 31.2 Å². The molecule has 1 heterocycles. The van der Waals surface area contributed by atoms with Crippen molar-refractivity contribution in [3.8, 4) is 0 Å². The van der Waals surface area contributed by atoms with Crippen LogP contribution in [0.1, 0.15) is 37.7 Å². The van der Waals surface area contributed by atoms with Crippen molar-refractivity contribution in [3.05, 3.63) is 23.8 Å². The molecule has 1 aromatic heterocycles. The van der Waals surface area contributed by atoms with Crippen LogP contribution in [0.2, 0.25) is 0 Å². The van der Waals surface area contributed by atoms with Gasteiger partial charge in [-0.05, 0) is 44.8 Å². The Morgan fingerprint density at radius 1 is 1.44 bits per heavy atom. The zero-order valence-electron chi connectivity index (χ0n) is 11.5. The van der Waals surface area contributed by atoms with Crippen molar-refractivity contribution >= 4 is 0 Å². The van der Waals surface area contributed by atoms with Gasteiger partial charge in [-0.2, -0.15) is 0 Å². The molecule has 4 nitrogen and oxygen atoms in total. The van der Waals surface area contributed by atoms with E-state index in [0.29, 0.717) is 12.0 Å². The molecule has 0 amide bonds. The van der Waals surface area contributed by atoms with Crippen molar-refractivity contribution in [2.24, 2.45) is 11.7 Å². The van der Waals surface area contributed by atoms with Crippen LogP contribution in [-0.4, -0.2) is 34.0 Å². The second-order valence-corrected chi connectivity index (χ2v) is 5.15. The average Bonchev–Trinajstić information content (AvgIpc) is 2.84. The number of nitrogens with zero attached hydrogens (tertiary/aromatic N) is 3. The molecule has 0 radical (unpaired) electrons. The smallest absolute Gasteiger partial charge is 0.125 e. The van der Waals surface area contributed by atoms with Gasteiger partial charge in [-0.15, -0.1) is 0 Å². The maximum absolute atomic E-state index is 5.88. The third-order valence-corrected chi connectivity index (χ3v) is 4.00. The molecule has 0 aliphatic heterocycles. The van der Waals surface area contributed by atoms with Gasteiger partial charge in [0.15, 0.2) is 0 Å². The average molecular weight is 248 g/mol. The van der Waals surface area contributed by atoms with E-state index in [2.05, 4.69) is 21.8 Å². The topological polar surface area (TPSA) is 55.0 Å². The predicted octanol–water partition coefficient (Wildman–Crippen LogP) is 1.73. The normalized spacial score (nSPS) is 23.8.